The standard InChI is InChI=1S/C33H36N4O6S/c1-6-19-15(2)24(36-33(19)43)11-22-16(3)20(7-9-29(38)39)25(34-22)13-26-21(8-10-30(40)41)17(4)23(35-26)12-27-31(28-14-44-28)18(5)32(42)37-27/h6,11,28,34-35H,1,7-10,12-14H2,2-5H3,(H,36,43)(H,38,39)(H,40,41)/p+1/b24-11-/t28-/m1/s1. The zero-order valence-electron chi connectivity index (χ0n) is 25.3. The average molecular weight is 618 g/mol. The smallest absolute Gasteiger partial charge is 0.303 e. The number of carbonyl (C=O) groups is 4. The van der Waals surface area contributed by atoms with E-state index in [0.717, 1.165) is 67.6 Å². The Morgan fingerprint density at radius 2 is 1.55 bits per heavy atom. The van der Waals surface area contributed by atoms with Gasteiger partial charge < -0.3 is 25.5 Å². The maximum absolute atomic E-state index is 12.5. The number of aliphatic imine (C=N–C) groups is 1. The number of hydrogen-bond acceptors (Lipinski definition) is 4. The largest absolute Gasteiger partial charge is 0.481 e. The van der Waals surface area contributed by atoms with Crippen molar-refractivity contribution in [1.82, 2.24) is 15.3 Å². The first kappa shape index (κ1) is 31.1. The topological polar surface area (TPSA) is 165 Å². The number of H-pyrrole nitrogens is 2. The molecule has 0 bridgehead atoms. The van der Waals surface area contributed by atoms with Gasteiger partial charge in [-0.1, -0.05) is 12.7 Å². The molecule has 11 heteroatoms. The minimum absolute atomic E-state index is 0.0420. The molecule has 1 saturated heterocycles. The van der Waals surface area contributed by atoms with Gasteiger partial charge in [0, 0.05) is 70.9 Å². The molecule has 230 valence electrons. The Morgan fingerprint density at radius 1 is 0.932 bits per heavy atom. The number of hydrogen-bond donors (Lipinski definition) is 5. The van der Waals surface area contributed by atoms with Crippen molar-refractivity contribution >= 4 is 47.3 Å². The summed E-state index contributed by atoms with van der Waals surface area (Å²) in [5.41, 5.74) is 11.3. The fraction of sp³-hybridized carbons (Fsp3) is 0.364. The fourth-order valence-corrected chi connectivity index (χ4v) is 6.95. The van der Waals surface area contributed by atoms with Gasteiger partial charge >= 0.3 is 11.9 Å². The number of aromatic amines is 2. The molecule has 0 unspecified atom stereocenters. The first-order chi connectivity index (χ1) is 20.9. The fourth-order valence-electron chi connectivity index (χ4n) is 6.13. The van der Waals surface area contributed by atoms with Crippen LogP contribution in [0, 0.1) is 13.8 Å². The zero-order chi connectivity index (χ0) is 31.9. The second kappa shape index (κ2) is 12.3. The van der Waals surface area contributed by atoms with Crippen LogP contribution in [0.25, 0.3) is 6.08 Å². The monoisotopic (exact) mass is 617 g/mol. The lowest BCUT2D eigenvalue weighted by molar-refractivity contribution is -0.138. The average Bonchev–Trinajstić information content (AvgIpc) is 3.53. The van der Waals surface area contributed by atoms with Crippen LogP contribution in [-0.2, 0) is 56.6 Å². The molecule has 0 aromatic carbocycles. The molecule has 2 aromatic heterocycles. The van der Waals surface area contributed by atoms with Crippen molar-refractivity contribution in [1.29, 1.82) is 0 Å². The highest BCUT2D eigenvalue weighted by Gasteiger charge is 2.44. The Kier molecular flexibility index (Phi) is 8.69. The quantitative estimate of drug-likeness (QED) is 0.131. The summed E-state index contributed by atoms with van der Waals surface area (Å²) in [6.07, 6.45) is 4.75. The van der Waals surface area contributed by atoms with Crippen LogP contribution in [0.2, 0.25) is 0 Å². The van der Waals surface area contributed by atoms with Gasteiger partial charge in [-0.15, -0.1) is 0 Å². The molecule has 2 aromatic rings. The van der Waals surface area contributed by atoms with Crippen molar-refractivity contribution in [3.63, 3.8) is 0 Å². The van der Waals surface area contributed by atoms with Crippen molar-refractivity contribution in [2.24, 2.45) is 4.99 Å². The third-order valence-corrected chi connectivity index (χ3v) is 9.71. The highest BCUT2D eigenvalue weighted by Crippen LogP contribution is 2.33. The van der Waals surface area contributed by atoms with Gasteiger partial charge in [-0.3, -0.25) is 19.2 Å². The van der Waals surface area contributed by atoms with Gasteiger partial charge in [-0.05, 0) is 86.2 Å². The van der Waals surface area contributed by atoms with Gasteiger partial charge in [0.05, 0.1) is 5.71 Å². The van der Waals surface area contributed by atoms with E-state index in [4.69, 9.17) is 0 Å². The maximum atomic E-state index is 12.5. The molecule has 0 aliphatic carbocycles. The van der Waals surface area contributed by atoms with Gasteiger partial charge in [0.2, 0.25) is 0 Å². The lowest BCUT2D eigenvalue weighted by atomic mass is 9.96. The number of allylic oxidation sites excluding steroid dienone is 1. The number of thiol groups is 1. The molecule has 3 aliphatic heterocycles. The Morgan fingerprint density at radius 3 is 2.11 bits per heavy atom. The number of nitrogens with zero attached hydrogens (tertiary/aromatic N) is 1. The molecule has 5 rings (SSSR count). The Bertz CT molecular complexity index is 1740. The van der Waals surface area contributed by atoms with Gasteiger partial charge in [-0.25, -0.2) is 4.99 Å². The molecule has 44 heavy (non-hydrogen) atoms. The molecular formula is C33H37N4O6S+. The van der Waals surface area contributed by atoms with Gasteiger partial charge in [-0.2, -0.15) is 0 Å². The van der Waals surface area contributed by atoms with Gasteiger partial charge in [0.1, 0.15) is 0 Å². The van der Waals surface area contributed by atoms with E-state index in [1.165, 1.54) is 17.8 Å². The summed E-state index contributed by atoms with van der Waals surface area (Å²) in [6, 6.07) is 0. The number of carbonyl (C=O) groups excluding carboxylic acids is 2. The van der Waals surface area contributed by atoms with E-state index in [9.17, 15) is 29.4 Å². The van der Waals surface area contributed by atoms with Crippen LogP contribution in [0.15, 0.2) is 45.6 Å². The first-order valence-corrected chi connectivity index (χ1v) is 15.7. The lowest BCUT2D eigenvalue weighted by Gasteiger charge is -2.07. The van der Waals surface area contributed by atoms with E-state index in [-0.39, 0.29) is 24.7 Å². The normalized spacial score (nSPS) is 18.9. The molecule has 0 radical (unpaired) electrons. The molecule has 0 saturated carbocycles. The molecule has 1 atom stereocenters. The van der Waals surface area contributed by atoms with Crippen molar-refractivity contribution in [2.75, 3.05) is 5.75 Å². The van der Waals surface area contributed by atoms with Crippen LogP contribution in [-0.4, -0.2) is 60.6 Å². The molecule has 5 heterocycles. The van der Waals surface area contributed by atoms with E-state index >= 15 is 0 Å². The molecule has 2 amide bonds. The van der Waals surface area contributed by atoms with Crippen molar-refractivity contribution < 1.29 is 29.4 Å². The minimum Gasteiger partial charge on any atom is -0.481 e. The van der Waals surface area contributed by atoms with Gasteiger partial charge in [0.15, 0.2) is 11.0 Å². The summed E-state index contributed by atoms with van der Waals surface area (Å²) >= 11 is 1.30. The maximum Gasteiger partial charge on any atom is 0.303 e. The summed E-state index contributed by atoms with van der Waals surface area (Å²) in [4.78, 5) is 59.3. The van der Waals surface area contributed by atoms with Crippen LogP contribution >= 0.6 is 0 Å². The van der Waals surface area contributed by atoms with Crippen molar-refractivity contribution in [2.45, 2.75) is 71.5 Å². The van der Waals surface area contributed by atoms with Crippen LogP contribution in [0.3, 0.4) is 0 Å². The molecule has 0 spiro atoms. The van der Waals surface area contributed by atoms with Crippen LogP contribution < -0.4 is 5.32 Å². The number of amides is 2. The lowest BCUT2D eigenvalue weighted by Crippen LogP contribution is -2.15. The van der Waals surface area contributed by atoms with Crippen LogP contribution in [0.5, 0.6) is 0 Å². The summed E-state index contributed by atoms with van der Waals surface area (Å²) in [5, 5.41) is 22.2. The predicted octanol–water partition coefficient (Wildman–Crippen LogP) is 3.60. The summed E-state index contributed by atoms with van der Waals surface area (Å²) in [7, 11) is 0. The predicted molar refractivity (Wildman–Crippen MR) is 171 cm³/mol. The van der Waals surface area contributed by atoms with Crippen LogP contribution in [0.4, 0.5) is 0 Å². The Balaban J connectivity index is 1.53. The minimum atomic E-state index is -0.907. The summed E-state index contributed by atoms with van der Waals surface area (Å²) in [6.45, 7) is 11.3. The third kappa shape index (κ3) is 6.14. The van der Waals surface area contributed by atoms with E-state index < -0.39 is 11.9 Å². The molecule has 1 fully saturated rings. The van der Waals surface area contributed by atoms with E-state index in [2.05, 4.69) is 26.9 Å². The Hall–Kier alpha value is -4.38. The Labute approximate surface area is 259 Å². The molecular weight excluding hydrogens is 580 g/mol. The first-order valence-electron chi connectivity index (χ1n) is 14.6. The SMILES string of the molecule is C=CC1=C(C)/C(=C/c2[nH]c(Cc3[nH]c(CC4=NC(=O)C(C)=C4[C@H]4C[SH+]4)c(C)c3CCC(=O)O)c(CCC(=O)O)c2C)NC1=O. The third-order valence-electron chi connectivity index (χ3n) is 8.72. The zero-order valence-corrected chi connectivity index (χ0v) is 26.2. The molecule has 10 nitrogen and oxygen atoms in total. The number of carboxylic acid groups (broad SMARTS) is 2. The highest BCUT2D eigenvalue weighted by atomic mass is 32.2. The summed E-state index contributed by atoms with van der Waals surface area (Å²) < 4.78 is 0. The number of carboxylic acids is 2. The molecule has 3 aliphatic rings. The van der Waals surface area contributed by atoms with E-state index in [1.54, 1.807) is 0 Å². The van der Waals surface area contributed by atoms with E-state index in [0.29, 0.717) is 47.8 Å². The molecule has 5 N–H and O–H groups in total. The second-order valence-electron chi connectivity index (χ2n) is 11.5. The summed E-state index contributed by atoms with van der Waals surface area (Å²) in [5.74, 6) is -1.20. The van der Waals surface area contributed by atoms with Crippen molar-refractivity contribution in [3.8, 4) is 0 Å². The number of aromatic nitrogens is 2. The van der Waals surface area contributed by atoms with Crippen molar-refractivity contribution in [3.05, 3.63) is 85.7 Å². The second-order valence-corrected chi connectivity index (χ2v) is 12.8. The number of rotatable bonds is 13. The highest BCUT2D eigenvalue weighted by molar-refractivity contribution is 7.87. The number of nitrogens with one attached hydrogen (secondary N) is 3. The van der Waals surface area contributed by atoms with Gasteiger partial charge in [0.25, 0.3) is 11.8 Å². The number of aliphatic carboxylic acids is 2. The van der Waals surface area contributed by atoms with E-state index in [1.807, 2.05) is 33.8 Å². The van der Waals surface area contributed by atoms with Crippen LogP contribution in [0.1, 0.15) is 71.7 Å².